The number of aromatic amines is 1. The lowest BCUT2D eigenvalue weighted by Crippen LogP contribution is -2.47. The molecule has 5 rings (SSSR count). The van der Waals surface area contributed by atoms with Gasteiger partial charge in [0, 0.05) is 41.4 Å². The first-order valence-electron chi connectivity index (χ1n) is 15.5. The van der Waals surface area contributed by atoms with Crippen molar-refractivity contribution in [2.75, 3.05) is 25.6 Å². The molecule has 0 bridgehead atoms. The van der Waals surface area contributed by atoms with Crippen molar-refractivity contribution in [3.63, 3.8) is 0 Å². The van der Waals surface area contributed by atoms with Gasteiger partial charge in [0.1, 0.15) is 12.2 Å². The third-order valence-electron chi connectivity index (χ3n) is 9.00. The Balaban J connectivity index is 1.44. The molecular weight excluding hydrogens is 636 g/mol. The molecule has 1 aliphatic rings. The van der Waals surface area contributed by atoms with Crippen LogP contribution in [-0.2, 0) is 14.0 Å². The lowest BCUT2D eigenvalue weighted by atomic mass is 9.89. The van der Waals surface area contributed by atoms with Crippen molar-refractivity contribution in [3.05, 3.63) is 77.5 Å². The number of hydrogen-bond donors (Lipinski definition) is 2. The van der Waals surface area contributed by atoms with Crippen LogP contribution in [0.4, 0.5) is 10.5 Å². The summed E-state index contributed by atoms with van der Waals surface area (Å²) in [6.45, 7) is 12.3. The summed E-state index contributed by atoms with van der Waals surface area (Å²) in [6.07, 6.45) is 7.79. The van der Waals surface area contributed by atoms with Crippen LogP contribution < -0.4 is 5.32 Å². The van der Waals surface area contributed by atoms with Crippen LogP contribution in [0.2, 0.25) is 23.2 Å². The van der Waals surface area contributed by atoms with E-state index >= 15 is 0 Å². The summed E-state index contributed by atoms with van der Waals surface area (Å²) in [6, 6.07) is 12.4. The fraction of sp³-hybridized carbons (Fsp3) is 0.394. The van der Waals surface area contributed by atoms with E-state index in [4.69, 9.17) is 21.0 Å². The van der Waals surface area contributed by atoms with Gasteiger partial charge in [-0.15, -0.1) is 5.10 Å². The number of aromatic nitrogens is 6. The normalized spacial score (nSPS) is 17.2. The topological polar surface area (TPSA) is 140 Å². The number of ether oxygens (including phenoxy) is 1. The van der Waals surface area contributed by atoms with Crippen LogP contribution in [0, 0.1) is 5.92 Å². The molecule has 2 atom stereocenters. The minimum Gasteiger partial charge on any atom is -0.453 e. The molecule has 3 heterocycles. The van der Waals surface area contributed by atoms with E-state index in [1.54, 1.807) is 42.6 Å². The molecule has 2 aromatic carbocycles. The Morgan fingerprint density at radius 2 is 1.94 bits per heavy atom. The number of anilines is 1. The first-order valence-corrected chi connectivity index (χ1v) is 18.8. The minimum absolute atomic E-state index is 0.0313. The monoisotopic (exact) mass is 676 g/mol. The van der Waals surface area contributed by atoms with Crippen LogP contribution in [0.3, 0.4) is 0 Å². The van der Waals surface area contributed by atoms with E-state index in [2.05, 4.69) is 64.4 Å². The lowest BCUT2D eigenvalue weighted by molar-refractivity contribution is -0.132. The number of carbonyl (C=O) groups is 2. The molecule has 2 aromatic heterocycles. The quantitative estimate of drug-likeness (QED) is 0.144. The summed E-state index contributed by atoms with van der Waals surface area (Å²) < 4.78 is 12.9. The first-order chi connectivity index (χ1) is 22.4. The van der Waals surface area contributed by atoms with Gasteiger partial charge in [-0.2, -0.15) is 4.68 Å². The van der Waals surface area contributed by atoms with Crippen LogP contribution in [0.15, 0.2) is 61.1 Å². The van der Waals surface area contributed by atoms with Crippen molar-refractivity contribution < 1.29 is 18.8 Å². The zero-order chi connectivity index (χ0) is 33.8. The second-order valence-corrected chi connectivity index (χ2v) is 18.4. The number of nitrogens with zero attached hydrogens (tertiary/aromatic N) is 6. The maximum absolute atomic E-state index is 14.0. The first kappa shape index (κ1) is 34.0. The average Bonchev–Trinajstić information content (AvgIpc) is 3.76. The fourth-order valence-corrected chi connectivity index (χ4v) is 6.58. The number of likely N-dealkylation sites (tertiary alicyclic amines) is 1. The molecule has 1 saturated heterocycles. The van der Waals surface area contributed by atoms with Gasteiger partial charge in [-0.05, 0) is 83.4 Å². The van der Waals surface area contributed by atoms with Crippen molar-refractivity contribution in [3.8, 4) is 16.9 Å². The van der Waals surface area contributed by atoms with E-state index in [1.165, 1.54) is 18.1 Å². The van der Waals surface area contributed by atoms with Crippen molar-refractivity contribution >= 4 is 43.7 Å². The molecule has 14 heteroatoms. The Hall–Kier alpha value is -4.33. The molecule has 1 aliphatic heterocycles. The van der Waals surface area contributed by atoms with E-state index in [9.17, 15) is 9.59 Å². The molecule has 2 N–H and O–H groups in total. The van der Waals surface area contributed by atoms with E-state index in [-0.39, 0.29) is 22.9 Å². The number of tetrazole rings is 1. The number of nitrogens with one attached hydrogen (secondary N) is 2. The minimum atomic E-state index is -2.05. The zero-order valence-corrected chi connectivity index (χ0v) is 29.3. The third-order valence-corrected chi connectivity index (χ3v) is 13.7. The maximum Gasteiger partial charge on any atom is 0.411 e. The number of halogens is 1. The van der Waals surface area contributed by atoms with Crippen molar-refractivity contribution in [2.45, 2.75) is 57.8 Å². The standard InChI is InChI=1S/C33H41ClN8O4Si/c1-33(2,3)47(5,6)46-20-24-8-7-17-41(29(43)16-11-23-18-25(34)12-15-28(23)42-21-36-39-40-42)30(24)31-35-19-27(38-31)22-9-13-26(14-10-22)37-32(44)45-4/h9-16,18-19,21,24,30H,7-8,17,20H2,1-6H3,(H,35,38)(H,37,44)/b16-11+/t24-,30-/m0/s1. The van der Waals surface area contributed by atoms with Gasteiger partial charge in [0.15, 0.2) is 8.32 Å². The highest BCUT2D eigenvalue weighted by molar-refractivity contribution is 6.74. The SMILES string of the molecule is COC(=O)Nc1ccc(-c2cnc([C@@H]3[C@H](CO[Si](C)(C)C(C)(C)C)CCCN3C(=O)/C=C/c3cc(Cl)ccc3-n3cnnn3)[nH]2)cc1. The highest BCUT2D eigenvalue weighted by Crippen LogP contribution is 2.40. The van der Waals surface area contributed by atoms with Gasteiger partial charge >= 0.3 is 6.09 Å². The largest absolute Gasteiger partial charge is 0.453 e. The average molecular weight is 677 g/mol. The zero-order valence-electron chi connectivity index (χ0n) is 27.5. The number of carbonyl (C=O) groups excluding carboxylic acids is 2. The molecule has 12 nitrogen and oxygen atoms in total. The van der Waals surface area contributed by atoms with Gasteiger partial charge in [-0.1, -0.05) is 44.5 Å². The van der Waals surface area contributed by atoms with E-state index in [0.29, 0.717) is 40.9 Å². The van der Waals surface area contributed by atoms with Gasteiger partial charge in [0.25, 0.3) is 0 Å². The van der Waals surface area contributed by atoms with Gasteiger partial charge in [0.2, 0.25) is 5.91 Å². The number of rotatable bonds is 9. The molecule has 248 valence electrons. The lowest BCUT2D eigenvalue weighted by Gasteiger charge is -2.42. The summed E-state index contributed by atoms with van der Waals surface area (Å²) in [5, 5.41) is 14.7. The van der Waals surface area contributed by atoms with Crippen LogP contribution in [0.5, 0.6) is 0 Å². The van der Waals surface area contributed by atoms with Crippen molar-refractivity contribution in [1.29, 1.82) is 0 Å². The molecule has 4 aromatic rings. The molecule has 0 radical (unpaired) electrons. The number of piperidine rings is 1. The highest BCUT2D eigenvalue weighted by atomic mass is 35.5. The fourth-order valence-electron chi connectivity index (χ4n) is 5.33. The third kappa shape index (κ3) is 7.98. The Bertz CT molecular complexity index is 1720. The summed E-state index contributed by atoms with van der Waals surface area (Å²) in [5.74, 6) is 0.578. The molecule has 0 aliphatic carbocycles. The van der Waals surface area contributed by atoms with Gasteiger partial charge < -0.3 is 19.0 Å². The maximum atomic E-state index is 14.0. The summed E-state index contributed by atoms with van der Waals surface area (Å²) in [4.78, 5) is 35.8. The Kier molecular flexibility index (Phi) is 10.3. The van der Waals surface area contributed by atoms with Gasteiger partial charge in [-0.25, -0.2) is 9.78 Å². The molecule has 0 saturated carbocycles. The molecular formula is C33H41ClN8O4Si. The molecule has 47 heavy (non-hydrogen) atoms. The number of amides is 2. The highest BCUT2D eigenvalue weighted by Gasteiger charge is 2.41. The predicted octanol–water partition coefficient (Wildman–Crippen LogP) is 6.90. The smallest absolute Gasteiger partial charge is 0.411 e. The molecule has 0 spiro atoms. The van der Waals surface area contributed by atoms with Gasteiger partial charge in [0.05, 0.1) is 30.7 Å². The van der Waals surface area contributed by atoms with Crippen LogP contribution >= 0.6 is 11.6 Å². The summed E-state index contributed by atoms with van der Waals surface area (Å²) in [5.41, 5.74) is 3.70. The van der Waals surface area contributed by atoms with Crippen LogP contribution in [0.1, 0.15) is 51.0 Å². The number of methoxy groups -OCH3 is 1. The number of imidazole rings is 1. The second kappa shape index (κ2) is 14.2. The summed E-state index contributed by atoms with van der Waals surface area (Å²) in [7, 11) is -0.731. The van der Waals surface area contributed by atoms with Crippen molar-refractivity contribution in [1.82, 2.24) is 35.1 Å². The summed E-state index contributed by atoms with van der Waals surface area (Å²) >= 11 is 6.32. The van der Waals surface area contributed by atoms with Crippen LogP contribution in [0.25, 0.3) is 23.0 Å². The van der Waals surface area contributed by atoms with Crippen molar-refractivity contribution in [2.24, 2.45) is 5.92 Å². The Morgan fingerprint density at radius 3 is 2.62 bits per heavy atom. The Labute approximate surface area is 280 Å². The molecule has 0 unspecified atom stereocenters. The molecule has 2 amide bonds. The Morgan fingerprint density at radius 1 is 1.17 bits per heavy atom. The number of H-pyrrole nitrogens is 1. The molecule has 1 fully saturated rings. The number of benzene rings is 2. The van der Waals surface area contributed by atoms with E-state index < -0.39 is 14.4 Å². The number of hydrogen-bond acceptors (Lipinski definition) is 8. The van der Waals surface area contributed by atoms with E-state index in [1.807, 2.05) is 23.1 Å². The van der Waals surface area contributed by atoms with Gasteiger partial charge in [-0.3, -0.25) is 10.1 Å². The predicted molar refractivity (Wildman–Crippen MR) is 184 cm³/mol. The second-order valence-electron chi connectivity index (χ2n) is 13.1. The van der Waals surface area contributed by atoms with E-state index in [0.717, 1.165) is 24.1 Å². The van der Waals surface area contributed by atoms with Crippen LogP contribution in [-0.4, -0.2) is 75.7 Å².